The van der Waals surface area contributed by atoms with Crippen molar-refractivity contribution in [2.24, 2.45) is 11.8 Å². The smallest absolute Gasteiger partial charge is 0.0644 e. The molecule has 1 heteroatoms. The van der Waals surface area contributed by atoms with Gasteiger partial charge in [-0.15, -0.1) is 0 Å². The molecule has 0 saturated heterocycles. The molecule has 0 radical (unpaired) electrons. The van der Waals surface area contributed by atoms with Gasteiger partial charge < -0.3 is 5.11 Å². The molecule has 82 valence electrons. The third-order valence-corrected chi connectivity index (χ3v) is 4.49. The SMILES string of the molecule is OCC1=CC2CC1CC2=C1CCCCC1. The van der Waals surface area contributed by atoms with Gasteiger partial charge in [-0.1, -0.05) is 23.6 Å². The summed E-state index contributed by atoms with van der Waals surface area (Å²) in [5, 5.41) is 9.20. The van der Waals surface area contributed by atoms with Crippen LogP contribution in [0.1, 0.15) is 44.9 Å². The van der Waals surface area contributed by atoms with Gasteiger partial charge in [-0.2, -0.15) is 0 Å². The molecule has 2 saturated carbocycles. The first-order valence-corrected chi connectivity index (χ1v) is 6.40. The van der Waals surface area contributed by atoms with Crippen molar-refractivity contribution in [1.82, 2.24) is 0 Å². The number of allylic oxidation sites excluding steroid dienone is 3. The van der Waals surface area contributed by atoms with E-state index < -0.39 is 0 Å². The van der Waals surface area contributed by atoms with Crippen LogP contribution in [0, 0.1) is 11.8 Å². The van der Waals surface area contributed by atoms with Crippen LogP contribution in [0.2, 0.25) is 0 Å². The lowest BCUT2D eigenvalue weighted by Gasteiger charge is -2.21. The minimum Gasteiger partial charge on any atom is -0.392 e. The van der Waals surface area contributed by atoms with E-state index in [2.05, 4.69) is 6.08 Å². The van der Waals surface area contributed by atoms with E-state index in [1.807, 2.05) is 0 Å². The molecule has 3 rings (SSSR count). The molecule has 3 aliphatic carbocycles. The lowest BCUT2D eigenvalue weighted by molar-refractivity contribution is 0.317. The molecule has 0 heterocycles. The molecule has 1 nitrogen and oxygen atoms in total. The van der Waals surface area contributed by atoms with Crippen molar-refractivity contribution in [1.29, 1.82) is 0 Å². The largest absolute Gasteiger partial charge is 0.392 e. The summed E-state index contributed by atoms with van der Waals surface area (Å²) in [5.41, 5.74) is 4.86. The summed E-state index contributed by atoms with van der Waals surface area (Å²) in [6.45, 7) is 0.295. The summed E-state index contributed by atoms with van der Waals surface area (Å²) >= 11 is 0. The Kier molecular flexibility index (Phi) is 2.44. The Morgan fingerprint density at radius 2 is 2.00 bits per heavy atom. The van der Waals surface area contributed by atoms with Gasteiger partial charge in [0.15, 0.2) is 0 Å². The van der Waals surface area contributed by atoms with Crippen molar-refractivity contribution in [3.05, 3.63) is 22.8 Å². The van der Waals surface area contributed by atoms with E-state index in [0.717, 1.165) is 0 Å². The summed E-state index contributed by atoms with van der Waals surface area (Å²) < 4.78 is 0. The van der Waals surface area contributed by atoms with Crippen LogP contribution in [-0.4, -0.2) is 11.7 Å². The number of hydrogen-bond acceptors (Lipinski definition) is 1. The lowest BCUT2D eigenvalue weighted by Crippen LogP contribution is -2.06. The molecule has 2 atom stereocenters. The number of rotatable bonds is 1. The number of aliphatic hydroxyl groups excluding tert-OH is 1. The topological polar surface area (TPSA) is 20.2 Å². The van der Waals surface area contributed by atoms with E-state index in [1.54, 1.807) is 11.1 Å². The van der Waals surface area contributed by atoms with E-state index in [9.17, 15) is 5.11 Å². The predicted molar refractivity (Wildman–Crippen MR) is 61.5 cm³/mol. The van der Waals surface area contributed by atoms with Gasteiger partial charge in [0.05, 0.1) is 6.61 Å². The van der Waals surface area contributed by atoms with Gasteiger partial charge in [0.25, 0.3) is 0 Å². The first-order chi connectivity index (χ1) is 7.38. The average Bonchev–Trinajstić information content (AvgIpc) is 2.89. The summed E-state index contributed by atoms with van der Waals surface area (Å²) in [7, 11) is 0. The number of aliphatic hydroxyl groups is 1. The highest BCUT2D eigenvalue weighted by molar-refractivity contribution is 5.36. The minimum absolute atomic E-state index is 0.295. The molecule has 0 aromatic carbocycles. The maximum Gasteiger partial charge on any atom is 0.0644 e. The van der Waals surface area contributed by atoms with Gasteiger partial charge >= 0.3 is 0 Å². The second-order valence-electron chi connectivity index (χ2n) is 5.33. The van der Waals surface area contributed by atoms with Gasteiger partial charge in [-0.25, -0.2) is 0 Å². The van der Waals surface area contributed by atoms with E-state index in [-0.39, 0.29) is 0 Å². The van der Waals surface area contributed by atoms with Crippen molar-refractivity contribution >= 4 is 0 Å². The van der Waals surface area contributed by atoms with Crippen LogP contribution >= 0.6 is 0 Å². The lowest BCUT2D eigenvalue weighted by atomic mass is 9.85. The molecule has 2 fully saturated rings. The second kappa shape index (κ2) is 3.79. The molecule has 2 unspecified atom stereocenters. The zero-order valence-corrected chi connectivity index (χ0v) is 9.34. The zero-order chi connectivity index (χ0) is 10.3. The van der Waals surface area contributed by atoms with Gasteiger partial charge in [0.1, 0.15) is 0 Å². The maximum atomic E-state index is 9.20. The summed E-state index contributed by atoms with van der Waals surface area (Å²) in [6, 6.07) is 0. The van der Waals surface area contributed by atoms with E-state index in [1.165, 1.54) is 50.5 Å². The fraction of sp³-hybridized carbons (Fsp3) is 0.714. The molecular formula is C14H20O. The first-order valence-electron chi connectivity index (χ1n) is 6.40. The Balaban J connectivity index is 1.83. The van der Waals surface area contributed by atoms with Gasteiger partial charge in [-0.05, 0) is 55.9 Å². The predicted octanol–water partition coefficient (Wildman–Crippen LogP) is 3.21. The maximum absolute atomic E-state index is 9.20. The molecule has 0 aliphatic heterocycles. The van der Waals surface area contributed by atoms with E-state index in [4.69, 9.17) is 0 Å². The van der Waals surface area contributed by atoms with Gasteiger partial charge in [-0.3, -0.25) is 0 Å². The van der Waals surface area contributed by atoms with Gasteiger partial charge in [0.2, 0.25) is 0 Å². The molecule has 0 aromatic rings. The quantitative estimate of drug-likeness (QED) is 0.650. The highest BCUT2D eigenvalue weighted by atomic mass is 16.3. The molecule has 1 N–H and O–H groups in total. The third kappa shape index (κ3) is 1.57. The number of hydrogen-bond donors (Lipinski definition) is 1. The minimum atomic E-state index is 0.295. The van der Waals surface area contributed by atoms with Crippen LogP contribution in [0.15, 0.2) is 22.8 Å². The fourth-order valence-corrected chi connectivity index (χ4v) is 3.68. The van der Waals surface area contributed by atoms with Crippen LogP contribution < -0.4 is 0 Å². The molecule has 0 aromatic heterocycles. The van der Waals surface area contributed by atoms with Crippen molar-refractivity contribution in [2.75, 3.05) is 6.61 Å². The Labute approximate surface area is 91.9 Å². The molecule has 0 amide bonds. The Morgan fingerprint density at radius 1 is 1.20 bits per heavy atom. The standard InChI is InChI=1S/C14H20O/c15-9-13-7-12-6-11(13)8-14(12)10-4-2-1-3-5-10/h7,11-12,15H,1-6,8-9H2. The zero-order valence-electron chi connectivity index (χ0n) is 9.34. The van der Waals surface area contributed by atoms with E-state index >= 15 is 0 Å². The van der Waals surface area contributed by atoms with Crippen molar-refractivity contribution in [3.8, 4) is 0 Å². The molecular weight excluding hydrogens is 184 g/mol. The molecule has 3 aliphatic rings. The molecule has 0 spiro atoms. The van der Waals surface area contributed by atoms with E-state index in [0.29, 0.717) is 18.4 Å². The summed E-state index contributed by atoms with van der Waals surface area (Å²) in [5.74, 6) is 1.41. The van der Waals surface area contributed by atoms with Crippen LogP contribution in [0.4, 0.5) is 0 Å². The first kappa shape index (κ1) is 9.65. The third-order valence-electron chi connectivity index (χ3n) is 4.49. The Hall–Kier alpha value is -0.560. The Bertz CT molecular complexity index is 316. The van der Waals surface area contributed by atoms with Crippen molar-refractivity contribution in [3.63, 3.8) is 0 Å². The van der Waals surface area contributed by atoms with Crippen LogP contribution in [0.25, 0.3) is 0 Å². The molecule has 2 bridgehead atoms. The second-order valence-corrected chi connectivity index (χ2v) is 5.33. The summed E-state index contributed by atoms with van der Waals surface area (Å²) in [6.07, 6.45) is 11.9. The van der Waals surface area contributed by atoms with Crippen LogP contribution in [0.5, 0.6) is 0 Å². The summed E-state index contributed by atoms with van der Waals surface area (Å²) in [4.78, 5) is 0. The monoisotopic (exact) mass is 204 g/mol. The van der Waals surface area contributed by atoms with Crippen LogP contribution in [-0.2, 0) is 0 Å². The highest BCUT2D eigenvalue weighted by Crippen LogP contribution is 2.49. The fourth-order valence-electron chi connectivity index (χ4n) is 3.68. The highest BCUT2D eigenvalue weighted by Gasteiger charge is 2.37. The number of fused-ring (bicyclic) bond motifs is 2. The Morgan fingerprint density at radius 3 is 2.60 bits per heavy atom. The van der Waals surface area contributed by atoms with Crippen molar-refractivity contribution < 1.29 is 5.11 Å². The normalized spacial score (nSPS) is 34.9. The molecule has 15 heavy (non-hydrogen) atoms. The average molecular weight is 204 g/mol. The van der Waals surface area contributed by atoms with Crippen LogP contribution in [0.3, 0.4) is 0 Å². The van der Waals surface area contributed by atoms with Gasteiger partial charge in [0, 0.05) is 0 Å². The van der Waals surface area contributed by atoms with Crippen molar-refractivity contribution in [2.45, 2.75) is 44.9 Å².